The Bertz CT molecular complexity index is 812. The number of rotatable bonds is 16. The summed E-state index contributed by atoms with van der Waals surface area (Å²) >= 11 is 0. The van der Waals surface area contributed by atoms with E-state index in [2.05, 4.69) is 35.9 Å². The van der Waals surface area contributed by atoms with Crippen LogP contribution in [-0.4, -0.2) is 81.9 Å². The lowest BCUT2D eigenvalue weighted by Crippen LogP contribution is -2.52. The topological polar surface area (TPSA) is 154 Å². The van der Waals surface area contributed by atoms with Gasteiger partial charge in [-0.05, 0) is 51.9 Å². The number of nitrogens with one attached hydrogen (secondary N) is 3. The first-order chi connectivity index (χ1) is 18.6. The molecule has 11 heteroatoms. The highest BCUT2D eigenvalue weighted by Gasteiger charge is 2.58. The maximum absolute atomic E-state index is 12.8. The van der Waals surface area contributed by atoms with Crippen molar-refractivity contribution in [3.63, 3.8) is 0 Å². The summed E-state index contributed by atoms with van der Waals surface area (Å²) in [6.45, 7) is 9.89. The molecule has 5 N–H and O–H groups in total. The van der Waals surface area contributed by atoms with E-state index in [1.807, 2.05) is 13.8 Å². The van der Waals surface area contributed by atoms with E-state index in [9.17, 15) is 14.4 Å². The summed E-state index contributed by atoms with van der Waals surface area (Å²) in [5, 5.41) is 8.34. The predicted molar refractivity (Wildman–Crippen MR) is 148 cm³/mol. The number of unbranched alkanes of at least 4 members (excludes halogenated alkanes) is 3. The number of hydrogen-bond donors (Lipinski definition) is 4. The molecular formula is C28H50N4O7. The number of epoxide rings is 1. The number of alkyl carbamates (subject to hydrolysis) is 2. The Hall–Kier alpha value is -2.37. The lowest BCUT2D eigenvalue weighted by Gasteiger charge is -2.40. The van der Waals surface area contributed by atoms with E-state index >= 15 is 0 Å². The third-order valence-corrected chi connectivity index (χ3v) is 7.50. The lowest BCUT2D eigenvalue weighted by atomic mass is 9.73. The van der Waals surface area contributed by atoms with Crippen molar-refractivity contribution < 1.29 is 33.3 Å². The van der Waals surface area contributed by atoms with E-state index in [-0.39, 0.29) is 48.7 Å². The van der Waals surface area contributed by atoms with Crippen molar-refractivity contribution in [1.82, 2.24) is 16.0 Å². The van der Waals surface area contributed by atoms with E-state index in [0.717, 1.165) is 45.1 Å². The van der Waals surface area contributed by atoms with Gasteiger partial charge in [-0.1, -0.05) is 38.3 Å². The summed E-state index contributed by atoms with van der Waals surface area (Å²) < 4.78 is 22.9. The maximum atomic E-state index is 12.8. The molecule has 5 atom stereocenters. The van der Waals surface area contributed by atoms with Gasteiger partial charge in [0, 0.05) is 26.1 Å². The van der Waals surface area contributed by atoms with Crippen LogP contribution >= 0.6 is 0 Å². The van der Waals surface area contributed by atoms with Crippen LogP contribution in [0, 0.1) is 11.8 Å². The predicted octanol–water partition coefficient (Wildman–Crippen LogP) is 3.02. The normalized spacial score (nSPS) is 24.5. The van der Waals surface area contributed by atoms with Gasteiger partial charge in [-0.25, -0.2) is 9.59 Å². The smallest absolute Gasteiger partial charge is 0.407 e. The van der Waals surface area contributed by atoms with Crippen LogP contribution < -0.4 is 21.7 Å². The highest BCUT2D eigenvalue weighted by atomic mass is 16.6. The van der Waals surface area contributed by atoms with E-state index in [1.54, 1.807) is 7.11 Å². The number of amides is 3. The molecule has 1 aliphatic heterocycles. The van der Waals surface area contributed by atoms with Crippen LogP contribution in [0.25, 0.3) is 0 Å². The average molecular weight is 555 g/mol. The second-order valence-electron chi connectivity index (χ2n) is 11.1. The van der Waals surface area contributed by atoms with Crippen LogP contribution in [0.1, 0.15) is 72.6 Å². The van der Waals surface area contributed by atoms with Gasteiger partial charge in [-0.3, -0.25) is 4.79 Å². The molecule has 0 aromatic carbocycles. The minimum atomic E-state index is -0.541. The lowest BCUT2D eigenvalue weighted by molar-refractivity contribution is -0.119. The summed E-state index contributed by atoms with van der Waals surface area (Å²) in [6.07, 6.45) is 6.34. The molecule has 2 aliphatic rings. The van der Waals surface area contributed by atoms with Gasteiger partial charge in [0.1, 0.15) is 18.8 Å². The summed E-state index contributed by atoms with van der Waals surface area (Å²) in [7, 11) is 1.65. The molecule has 1 aliphatic carbocycles. The minimum Gasteiger partial charge on any atom is -0.447 e. The summed E-state index contributed by atoms with van der Waals surface area (Å²) in [5.41, 5.74) is 6.30. The van der Waals surface area contributed by atoms with Crippen molar-refractivity contribution in [2.24, 2.45) is 17.6 Å². The first kappa shape index (κ1) is 32.8. The Balaban J connectivity index is 1.72. The number of allylic oxidation sites excluding steroid dienone is 2. The highest BCUT2D eigenvalue weighted by molar-refractivity contribution is 5.77. The molecule has 2 fully saturated rings. The molecule has 3 amide bonds. The molecule has 1 saturated heterocycles. The van der Waals surface area contributed by atoms with Gasteiger partial charge < -0.3 is 40.6 Å². The van der Waals surface area contributed by atoms with Crippen LogP contribution in [0.15, 0.2) is 11.6 Å². The largest absolute Gasteiger partial charge is 0.447 e. The minimum absolute atomic E-state index is 0.00290. The summed E-state index contributed by atoms with van der Waals surface area (Å²) in [6, 6.07) is -0.392. The second kappa shape index (κ2) is 16.7. The molecule has 4 unspecified atom stereocenters. The van der Waals surface area contributed by atoms with E-state index in [0.29, 0.717) is 19.5 Å². The Morgan fingerprint density at radius 2 is 1.74 bits per heavy atom. The van der Waals surface area contributed by atoms with E-state index in [1.165, 1.54) is 5.57 Å². The number of methoxy groups -OCH3 is 1. The van der Waals surface area contributed by atoms with Crippen LogP contribution in [0.4, 0.5) is 9.59 Å². The monoisotopic (exact) mass is 554 g/mol. The quantitative estimate of drug-likeness (QED) is 0.129. The van der Waals surface area contributed by atoms with Gasteiger partial charge in [0.15, 0.2) is 0 Å². The third-order valence-electron chi connectivity index (χ3n) is 7.50. The van der Waals surface area contributed by atoms with Crippen molar-refractivity contribution in [2.75, 3.05) is 40.0 Å². The fourth-order valence-corrected chi connectivity index (χ4v) is 4.93. The first-order valence-electron chi connectivity index (χ1n) is 14.3. The summed E-state index contributed by atoms with van der Waals surface area (Å²) in [4.78, 5) is 36.1. The van der Waals surface area contributed by atoms with Crippen molar-refractivity contribution in [1.29, 1.82) is 0 Å². The summed E-state index contributed by atoms with van der Waals surface area (Å²) in [5.74, 6) is -0.00229. The number of carbonyl (C=O) groups is 3. The fraction of sp³-hybridized carbons (Fsp3) is 0.821. The number of nitrogens with two attached hydrogens (primary N) is 1. The molecule has 39 heavy (non-hydrogen) atoms. The second-order valence-corrected chi connectivity index (χ2v) is 11.1. The molecule has 1 heterocycles. The van der Waals surface area contributed by atoms with Crippen molar-refractivity contribution >= 4 is 18.1 Å². The van der Waals surface area contributed by atoms with E-state index < -0.39 is 18.2 Å². The number of carbonyl (C=O) groups excluding carboxylic acids is 3. The van der Waals surface area contributed by atoms with Crippen LogP contribution in [0.2, 0.25) is 0 Å². The van der Waals surface area contributed by atoms with Gasteiger partial charge in [-0.15, -0.1) is 0 Å². The third kappa shape index (κ3) is 11.3. The zero-order chi connectivity index (χ0) is 28.8. The Kier molecular flexibility index (Phi) is 14.0. The van der Waals surface area contributed by atoms with Crippen molar-refractivity contribution in [2.45, 2.75) is 96.5 Å². The van der Waals surface area contributed by atoms with E-state index in [4.69, 9.17) is 24.7 Å². The number of hydrogen-bond acceptors (Lipinski definition) is 8. The molecule has 0 aromatic heterocycles. The molecule has 0 radical (unpaired) electrons. The van der Waals surface area contributed by atoms with Crippen LogP contribution in [0.5, 0.6) is 0 Å². The molecule has 11 nitrogen and oxygen atoms in total. The zero-order valence-corrected chi connectivity index (χ0v) is 24.4. The van der Waals surface area contributed by atoms with Gasteiger partial charge in [0.05, 0.1) is 24.8 Å². The van der Waals surface area contributed by atoms with Gasteiger partial charge in [-0.2, -0.15) is 0 Å². The average Bonchev–Trinajstić information content (AvgIpc) is 3.67. The standard InChI is InChI=1S/C28H50N4O7/c1-19(2)10-11-21-25(36-5)23(12-13-28(21)18-38-28)39-27(35)32-22(20(3)4)17-37-26(34)31-15-9-7-6-8-14-30-24(33)16-29/h10,20-23,25H,6-9,11-18,29H2,1-5H3,(H,30,33)(H,31,34)(H,32,35)/t21?,22-,23?,25?,28?/m0/s1. The molecular weight excluding hydrogens is 504 g/mol. The molecule has 224 valence electrons. The van der Waals surface area contributed by atoms with Gasteiger partial charge in [0.25, 0.3) is 0 Å². The van der Waals surface area contributed by atoms with Gasteiger partial charge in [0.2, 0.25) is 5.91 Å². The zero-order valence-electron chi connectivity index (χ0n) is 24.4. The SMILES string of the molecule is COC1C(OC(=O)N[C@@H](COC(=O)NCCCCCCNC(=O)CN)C(C)C)CCC2(CO2)C1CC=C(C)C. The maximum Gasteiger partial charge on any atom is 0.407 e. The Morgan fingerprint density at radius 3 is 2.31 bits per heavy atom. The van der Waals surface area contributed by atoms with Crippen LogP contribution in [-0.2, 0) is 23.7 Å². The Morgan fingerprint density at radius 1 is 1.08 bits per heavy atom. The molecule has 1 spiro atoms. The van der Waals surface area contributed by atoms with Crippen molar-refractivity contribution in [3.8, 4) is 0 Å². The molecule has 1 saturated carbocycles. The van der Waals surface area contributed by atoms with Gasteiger partial charge >= 0.3 is 12.2 Å². The fourth-order valence-electron chi connectivity index (χ4n) is 4.93. The van der Waals surface area contributed by atoms with Crippen LogP contribution in [0.3, 0.4) is 0 Å². The highest BCUT2D eigenvalue weighted by Crippen LogP contribution is 2.49. The molecule has 2 rings (SSSR count). The molecule has 0 aromatic rings. The first-order valence-corrected chi connectivity index (χ1v) is 14.3. The molecule has 0 bridgehead atoms. The number of ether oxygens (including phenoxy) is 4. The van der Waals surface area contributed by atoms with Crippen molar-refractivity contribution in [3.05, 3.63) is 11.6 Å². The Labute approximate surface area is 233 Å².